The second-order valence-corrected chi connectivity index (χ2v) is 6.52. The number of rotatable bonds is 5. The number of aliphatic hydroxyl groups is 1. The van der Waals surface area contributed by atoms with Gasteiger partial charge in [-0.1, -0.05) is 6.07 Å². The van der Waals surface area contributed by atoms with Crippen LogP contribution in [0, 0.1) is 13.8 Å². The summed E-state index contributed by atoms with van der Waals surface area (Å²) in [6.45, 7) is 6.05. The highest BCUT2D eigenvalue weighted by molar-refractivity contribution is 7.99. The summed E-state index contributed by atoms with van der Waals surface area (Å²) in [5.74, 6) is -0.136. The van der Waals surface area contributed by atoms with Crippen LogP contribution in [-0.2, 0) is 0 Å². The first-order valence-electron chi connectivity index (χ1n) is 7.00. The Morgan fingerprint density at radius 1 is 1.38 bits per heavy atom. The van der Waals surface area contributed by atoms with E-state index in [-0.39, 0.29) is 23.8 Å². The summed E-state index contributed by atoms with van der Waals surface area (Å²) in [5, 5.41) is 13.3. The molecule has 4 nitrogen and oxygen atoms in total. The van der Waals surface area contributed by atoms with Crippen molar-refractivity contribution >= 4 is 28.6 Å². The second-order valence-electron chi connectivity index (χ2n) is 5.44. The van der Waals surface area contributed by atoms with Crippen molar-refractivity contribution in [3.63, 3.8) is 0 Å². The molecule has 1 heterocycles. The molecule has 0 aliphatic carbocycles. The quantitative estimate of drug-likeness (QED) is 0.795. The molecule has 2 atom stereocenters. The van der Waals surface area contributed by atoms with E-state index in [4.69, 9.17) is 0 Å². The number of H-pyrrole nitrogens is 1. The lowest BCUT2D eigenvalue weighted by molar-refractivity contribution is 0.0931. The molecule has 0 radical (unpaired) electrons. The number of carbonyl (C=O) groups excluding carboxylic acids is 1. The Morgan fingerprint density at radius 3 is 2.71 bits per heavy atom. The normalized spacial score (nSPS) is 14.1. The van der Waals surface area contributed by atoms with Gasteiger partial charge >= 0.3 is 0 Å². The molecule has 1 aromatic carbocycles. The maximum atomic E-state index is 12.3. The monoisotopic (exact) mass is 306 g/mol. The Bertz CT molecular complexity index is 647. The van der Waals surface area contributed by atoms with Gasteiger partial charge in [0.2, 0.25) is 0 Å². The Morgan fingerprint density at radius 2 is 2.10 bits per heavy atom. The molecule has 0 aliphatic rings. The van der Waals surface area contributed by atoms with Crippen molar-refractivity contribution in [2.45, 2.75) is 32.1 Å². The molecule has 1 aromatic heterocycles. The van der Waals surface area contributed by atoms with Crippen molar-refractivity contribution in [3.05, 3.63) is 35.0 Å². The van der Waals surface area contributed by atoms with Crippen LogP contribution in [0.2, 0.25) is 0 Å². The highest BCUT2D eigenvalue weighted by Crippen LogP contribution is 2.21. The summed E-state index contributed by atoms with van der Waals surface area (Å²) in [6.07, 6.45) is 1.93. The van der Waals surface area contributed by atoms with Crippen molar-refractivity contribution in [3.8, 4) is 0 Å². The molecule has 0 saturated heterocycles. The fourth-order valence-corrected chi connectivity index (χ4v) is 3.16. The maximum absolute atomic E-state index is 12.3. The molecule has 2 unspecified atom stereocenters. The van der Waals surface area contributed by atoms with Gasteiger partial charge < -0.3 is 15.4 Å². The van der Waals surface area contributed by atoms with Crippen LogP contribution in [0.4, 0.5) is 0 Å². The Balaban J connectivity index is 2.22. The van der Waals surface area contributed by atoms with E-state index >= 15 is 0 Å². The first kappa shape index (κ1) is 15.9. The van der Waals surface area contributed by atoms with Gasteiger partial charge in [0.1, 0.15) is 5.69 Å². The highest BCUT2D eigenvalue weighted by atomic mass is 32.2. The zero-order valence-corrected chi connectivity index (χ0v) is 13.7. The zero-order valence-electron chi connectivity index (χ0n) is 12.9. The van der Waals surface area contributed by atoms with Crippen LogP contribution in [0.1, 0.15) is 28.5 Å². The number of benzene rings is 1. The first-order chi connectivity index (χ1) is 9.96. The number of thioether (sulfide) groups is 1. The van der Waals surface area contributed by atoms with Crippen molar-refractivity contribution in [1.29, 1.82) is 0 Å². The molecule has 3 N–H and O–H groups in total. The molecule has 0 saturated carbocycles. The van der Waals surface area contributed by atoms with Crippen LogP contribution in [0.3, 0.4) is 0 Å². The van der Waals surface area contributed by atoms with Crippen molar-refractivity contribution in [2.24, 2.45) is 0 Å². The molecule has 0 fully saturated rings. The molecule has 5 heteroatoms. The van der Waals surface area contributed by atoms with E-state index in [2.05, 4.69) is 16.4 Å². The number of aryl methyl sites for hydroxylation is 2. The van der Waals surface area contributed by atoms with Crippen LogP contribution in [0.5, 0.6) is 0 Å². The number of carbonyl (C=O) groups is 1. The summed E-state index contributed by atoms with van der Waals surface area (Å²) in [7, 11) is 0. The van der Waals surface area contributed by atoms with Crippen LogP contribution < -0.4 is 5.32 Å². The lowest BCUT2D eigenvalue weighted by atomic mass is 10.1. The van der Waals surface area contributed by atoms with Gasteiger partial charge in [-0.3, -0.25) is 4.79 Å². The molecular formula is C16H22N2O2S. The fraction of sp³-hybridized carbons (Fsp3) is 0.438. The van der Waals surface area contributed by atoms with Gasteiger partial charge in [-0.2, -0.15) is 11.8 Å². The van der Waals surface area contributed by atoms with Gasteiger partial charge in [0.05, 0.1) is 6.61 Å². The maximum Gasteiger partial charge on any atom is 0.267 e. The van der Waals surface area contributed by atoms with Crippen molar-refractivity contribution in [2.75, 3.05) is 12.9 Å². The predicted molar refractivity (Wildman–Crippen MR) is 89.1 cm³/mol. The molecule has 0 bridgehead atoms. The topological polar surface area (TPSA) is 65.1 Å². The molecule has 1 amide bonds. The van der Waals surface area contributed by atoms with Gasteiger partial charge in [0, 0.05) is 22.2 Å². The minimum absolute atomic E-state index is 0.00214. The number of fused-ring (bicyclic) bond motifs is 1. The van der Waals surface area contributed by atoms with E-state index in [1.807, 2.05) is 39.2 Å². The van der Waals surface area contributed by atoms with Crippen molar-refractivity contribution in [1.82, 2.24) is 10.3 Å². The molecule has 21 heavy (non-hydrogen) atoms. The predicted octanol–water partition coefficient (Wildman–Crippen LogP) is 2.63. The highest BCUT2D eigenvalue weighted by Gasteiger charge is 2.19. The minimum Gasteiger partial charge on any atom is -0.395 e. The number of nitrogens with one attached hydrogen (secondary N) is 2. The van der Waals surface area contributed by atoms with E-state index < -0.39 is 0 Å². The number of aromatic amines is 1. The number of aliphatic hydroxyl groups excluding tert-OH is 1. The largest absolute Gasteiger partial charge is 0.395 e. The van der Waals surface area contributed by atoms with E-state index in [9.17, 15) is 9.90 Å². The van der Waals surface area contributed by atoms with Crippen molar-refractivity contribution < 1.29 is 9.90 Å². The fourth-order valence-electron chi connectivity index (χ4n) is 2.54. The summed E-state index contributed by atoms with van der Waals surface area (Å²) < 4.78 is 0. The molecule has 2 aromatic rings. The summed E-state index contributed by atoms with van der Waals surface area (Å²) >= 11 is 1.55. The molecule has 0 aliphatic heterocycles. The Kier molecular flexibility index (Phi) is 4.96. The standard InChI is InChI=1S/C16H22N2O2S/c1-9-5-10(2)12-7-14(18-13(12)6-9)16(20)17-11(3)15(8-19)21-4/h5-7,11,15,18-19H,8H2,1-4H3,(H,17,20). The number of hydrogen-bond donors (Lipinski definition) is 3. The Hall–Kier alpha value is -1.46. The van der Waals surface area contributed by atoms with Gasteiger partial charge in [-0.25, -0.2) is 0 Å². The Labute approximate surface area is 129 Å². The lowest BCUT2D eigenvalue weighted by Gasteiger charge is -2.20. The number of aromatic nitrogens is 1. The molecular weight excluding hydrogens is 284 g/mol. The van der Waals surface area contributed by atoms with Crippen LogP contribution in [0.25, 0.3) is 10.9 Å². The van der Waals surface area contributed by atoms with Crippen LogP contribution in [-0.4, -0.2) is 40.2 Å². The third-order valence-corrected chi connectivity index (χ3v) is 4.90. The smallest absolute Gasteiger partial charge is 0.267 e. The average Bonchev–Trinajstić information content (AvgIpc) is 2.84. The van der Waals surface area contributed by atoms with E-state index in [1.165, 1.54) is 5.56 Å². The van der Waals surface area contributed by atoms with Gasteiger partial charge in [-0.15, -0.1) is 0 Å². The molecule has 2 rings (SSSR count). The first-order valence-corrected chi connectivity index (χ1v) is 8.29. The van der Waals surface area contributed by atoms with E-state index in [0.29, 0.717) is 5.69 Å². The third kappa shape index (κ3) is 3.41. The summed E-state index contributed by atoms with van der Waals surface area (Å²) in [4.78, 5) is 15.5. The van der Waals surface area contributed by atoms with Crippen LogP contribution in [0.15, 0.2) is 18.2 Å². The molecule has 0 spiro atoms. The van der Waals surface area contributed by atoms with Gasteiger partial charge in [0.15, 0.2) is 0 Å². The zero-order chi connectivity index (χ0) is 15.6. The SMILES string of the molecule is CSC(CO)C(C)NC(=O)c1cc2c(C)cc(C)cc2[nH]1. The van der Waals surface area contributed by atoms with Gasteiger partial charge in [0.25, 0.3) is 5.91 Å². The number of hydrogen-bond acceptors (Lipinski definition) is 3. The average molecular weight is 306 g/mol. The lowest BCUT2D eigenvalue weighted by Crippen LogP contribution is -2.41. The van der Waals surface area contributed by atoms with Gasteiger partial charge in [-0.05, 0) is 50.3 Å². The van der Waals surface area contributed by atoms with E-state index in [0.717, 1.165) is 16.5 Å². The second kappa shape index (κ2) is 6.54. The minimum atomic E-state index is -0.136. The van der Waals surface area contributed by atoms with Crippen LogP contribution >= 0.6 is 11.8 Å². The summed E-state index contributed by atoms with van der Waals surface area (Å²) in [6, 6.07) is 5.95. The number of amides is 1. The third-order valence-electron chi connectivity index (χ3n) is 3.73. The summed E-state index contributed by atoms with van der Waals surface area (Å²) in [5.41, 5.74) is 3.87. The van der Waals surface area contributed by atoms with E-state index in [1.54, 1.807) is 11.8 Å². The molecule has 114 valence electrons.